The van der Waals surface area contributed by atoms with Crippen LogP contribution < -0.4 is 0 Å². The highest BCUT2D eigenvalue weighted by atomic mass is 16.3. The summed E-state index contributed by atoms with van der Waals surface area (Å²) < 4.78 is 1.74. The number of aromatic nitrogens is 2. The van der Waals surface area contributed by atoms with Crippen LogP contribution in [0.3, 0.4) is 0 Å². The molecule has 4 aromatic rings. The van der Waals surface area contributed by atoms with Gasteiger partial charge in [0.05, 0.1) is 23.1 Å². The Balaban J connectivity index is 1.73. The smallest absolute Gasteiger partial charge is 0.257 e. The predicted molar refractivity (Wildman–Crippen MR) is 124 cm³/mol. The second kappa shape index (κ2) is 8.98. The van der Waals surface area contributed by atoms with Gasteiger partial charge < -0.3 is 15.1 Å². The van der Waals surface area contributed by atoms with Gasteiger partial charge in [-0.2, -0.15) is 5.10 Å². The zero-order valence-electron chi connectivity index (χ0n) is 18.1. The molecule has 1 aromatic heterocycles. The molecule has 6 heteroatoms. The van der Waals surface area contributed by atoms with E-state index in [-0.39, 0.29) is 23.0 Å². The second-order valence-corrected chi connectivity index (χ2v) is 7.64. The standard InChI is InChI=1S/C26H25N3O3/c1-3-19-11-7-8-12-22(19)29-23(13-14-27-29)20-15-21(25(31)16-24(20)30)26(32)28(2)17-18-9-5-4-6-10-18/h4-16,30-31H,3,17H2,1-2H3. The number of carbonyl (C=O) groups is 1. The number of rotatable bonds is 6. The summed E-state index contributed by atoms with van der Waals surface area (Å²) in [6.45, 7) is 2.47. The molecule has 0 aliphatic rings. The molecule has 2 N–H and O–H groups in total. The molecule has 0 radical (unpaired) electrons. The van der Waals surface area contributed by atoms with Crippen LogP contribution in [0.5, 0.6) is 11.5 Å². The highest BCUT2D eigenvalue weighted by molar-refractivity contribution is 5.98. The van der Waals surface area contributed by atoms with Gasteiger partial charge in [0.1, 0.15) is 11.5 Å². The summed E-state index contributed by atoms with van der Waals surface area (Å²) in [5.74, 6) is -0.732. The van der Waals surface area contributed by atoms with E-state index in [4.69, 9.17) is 0 Å². The van der Waals surface area contributed by atoms with E-state index in [0.717, 1.165) is 23.2 Å². The van der Waals surface area contributed by atoms with E-state index < -0.39 is 0 Å². The summed E-state index contributed by atoms with van der Waals surface area (Å²) in [7, 11) is 1.68. The van der Waals surface area contributed by atoms with Crippen molar-refractivity contribution >= 4 is 5.91 Å². The quantitative estimate of drug-likeness (QED) is 0.464. The summed E-state index contributed by atoms with van der Waals surface area (Å²) in [5, 5.41) is 25.5. The minimum atomic E-state index is -0.340. The highest BCUT2D eigenvalue weighted by Gasteiger charge is 2.21. The number of nitrogens with zero attached hydrogens (tertiary/aromatic N) is 3. The van der Waals surface area contributed by atoms with Crippen LogP contribution in [0.4, 0.5) is 0 Å². The first-order valence-corrected chi connectivity index (χ1v) is 10.5. The number of para-hydroxylation sites is 1. The molecule has 0 fully saturated rings. The van der Waals surface area contributed by atoms with Crippen molar-refractivity contribution in [1.29, 1.82) is 0 Å². The maximum Gasteiger partial charge on any atom is 0.257 e. The first-order chi connectivity index (χ1) is 15.5. The molecule has 0 unspecified atom stereocenters. The number of phenolic OH excluding ortho intramolecular Hbond substituents is 2. The van der Waals surface area contributed by atoms with Crippen molar-refractivity contribution in [3.8, 4) is 28.4 Å². The van der Waals surface area contributed by atoms with Crippen molar-refractivity contribution in [2.45, 2.75) is 19.9 Å². The maximum absolute atomic E-state index is 13.1. The summed E-state index contributed by atoms with van der Waals surface area (Å²) in [6.07, 6.45) is 2.47. The molecule has 1 amide bonds. The van der Waals surface area contributed by atoms with Crippen molar-refractivity contribution in [2.24, 2.45) is 0 Å². The van der Waals surface area contributed by atoms with Crippen molar-refractivity contribution in [3.63, 3.8) is 0 Å². The third kappa shape index (κ3) is 4.07. The van der Waals surface area contributed by atoms with Crippen LogP contribution in [-0.2, 0) is 13.0 Å². The van der Waals surface area contributed by atoms with Gasteiger partial charge in [0, 0.05) is 25.2 Å². The van der Waals surface area contributed by atoms with E-state index in [2.05, 4.69) is 12.0 Å². The monoisotopic (exact) mass is 427 g/mol. The van der Waals surface area contributed by atoms with Crippen LogP contribution in [-0.4, -0.2) is 37.8 Å². The second-order valence-electron chi connectivity index (χ2n) is 7.64. The number of aromatic hydroxyl groups is 2. The molecule has 0 atom stereocenters. The molecule has 6 nitrogen and oxygen atoms in total. The molecule has 0 aliphatic carbocycles. The largest absolute Gasteiger partial charge is 0.507 e. The Labute approximate surface area is 187 Å². The van der Waals surface area contributed by atoms with E-state index in [0.29, 0.717) is 17.8 Å². The zero-order valence-corrected chi connectivity index (χ0v) is 18.1. The molecule has 0 saturated carbocycles. The van der Waals surface area contributed by atoms with Crippen LogP contribution in [0.2, 0.25) is 0 Å². The molecular formula is C26H25N3O3. The minimum Gasteiger partial charge on any atom is -0.507 e. The number of aryl methyl sites for hydroxylation is 1. The molecule has 0 saturated heterocycles. The molecule has 162 valence electrons. The van der Waals surface area contributed by atoms with Gasteiger partial charge in [0.2, 0.25) is 0 Å². The Bertz CT molecular complexity index is 1250. The Hall–Kier alpha value is -4.06. The van der Waals surface area contributed by atoms with Gasteiger partial charge >= 0.3 is 0 Å². The van der Waals surface area contributed by atoms with Gasteiger partial charge in [0.15, 0.2) is 0 Å². The van der Waals surface area contributed by atoms with E-state index in [9.17, 15) is 15.0 Å². The lowest BCUT2D eigenvalue weighted by atomic mass is 10.0. The van der Waals surface area contributed by atoms with Gasteiger partial charge in [-0.3, -0.25) is 4.79 Å². The van der Waals surface area contributed by atoms with Crippen molar-refractivity contribution in [2.75, 3.05) is 7.05 Å². The predicted octanol–water partition coefficient (Wildman–Crippen LogP) is 4.79. The van der Waals surface area contributed by atoms with E-state index in [1.165, 1.54) is 17.0 Å². The number of hydrogen-bond acceptors (Lipinski definition) is 4. The van der Waals surface area contributed by atoms with Gasteiger partial charge in [-0.15, -0.1) is 0 Å². The topological polar surface area (TPSA) is 78.6 Å². The number of carbonyl (C=O) groups excluding carboxylic acids is 1. The molecule has 0 aliphatic heterocycles. The Morgan fingerprint density at radius 1 is 0.969 bits per heavy atom. The Kier molecular flexibility index (Phi) is 5.94. The molecule has 0 spiro atoms. The van der Waals surface area contributed by atoms with Crippen LogP contribution >= 0.6 is 0 Å². The number of amides is 1. The lowest BCUT2D eigenvalue weighted by Crippen LogP contribution is -2.26. The van der Waals surface area contributed by atoms with Crippen LogP contribution in [0.1, 0.15) is 28.4 Å². The fourth-order valence-electron chi connectivity index (χ4n) is 3.80. The molecular weight excluding hydrogens is 402 g/mol. The highest BCUT2D eigenvalue weighted by Crippen LogP contribution is 2.36. The Morgan fingerprint density at radius 2 is 1.69 bits per heavy atom. The van der Waals surface area contributed by atoms with E-state index in [1.807, 2.05) is 54.6 Å². The first-order valence-electron chi connectivity index (χ1n) is 10.5. The third-order valence-corrected chi connectivity index (χ3v) is 5.47. The van der Waals surface area contributed by atoms with E-state index >= 15 is 0 Å². The summed E-state index contributed by atoms with van der Waals surface area (Å²) in [6, 6.07) is 22.1. The Morgan fingerprint density at radius 3 is 2.44 bits per heavy atom. The summed E-state index contributed by atoms with van der Waals surface area (Å²) >= 11 is 0. The molecule has 32 heavy (non-hydrogen) atoms. The fraction of sp³-hybridized carbons (Fsp3) is 0.154. The fourth-order valence-corrected chi connectivity index (χ4v) is 3.80. The summed E-state index contributed by atoms with van der Waals surface area (Å²) in [4.78, 5) is 14.7. The molecule has 1 heterocycles. The van der Waals surface area contributed by atoms with Gasteiger partial charge in [-0.1, -0.05) is 55.5 Å². The SMILES string of the molecule is CCc1ccccc1-n1nccc1-c1cc(C(=O)N(C)Cc2ccccc2)c(O)cc1O. The lowest BCUT2D eigenvalue weighted by Gasteiger charge is -2.19. The van der Waals surface area contributed by atoms with Crippen molar-refractivity contribution < 1.29 is 15.0 Å². The number of phenols is 2. The molecule has 0 bridgehead atoms. The van der Waals surface area contributed by atoms with Gasteiger partial charge in [0.25, 0.3) is 5.91 Å². The van der Waals surface area contributed by atoms with Crippen LogP contribution in [0.25, 0.3) is 16.9 Å². The zero-order chi connectivity index (χ0) is 22.7. The normalized spacial score (nSPS) is 10.8. The van der Waals surface area contributed by atoms with Crippen LogP contribution in [0.15, 0.2) is 79.0 Å². The average molecular weight is 428 g/mol. The maximum atomic E-state index is 13.1. The number of hydrogen-bond donors (Lipinski definition) is 2. The van der Waals surface area contributed by atoms with Gasteiger partial charge in [-0.25, -0.2) is 4.68 Å². The number of benzene rings is 3. The minimum absolute atomic E-state index is 0.118. The lowest BCUT2D eigenvalue weighted by molar-refractivity contribution is 0.0782. The molecule has 3 aromatic carbocycles. The summed E-state index contributed by atoms with van der Waals surface area (Å²) in [5.41, 5.74) is 4.15. The molecule has 4 rings (SSSR count). The third-order valence-electron chi connectivity index (χ3n) is 5.47. The van der Waals surface area contributed by atoms with Crippen LogP contribution in [0, 0.1) is 0 Å². The van der Waals surface area contributed by atoms with Crippen molar-refractivity contribution in [3.05, 3.63) is 95.7 Å². The average Bonchev–Trinajstić information content (AvgIpc) is 3.28. The first kappa shape index (κ1) is 21.2. The van der Waals surface area contributed by atoms with Crippen molar-refractivity contribution in [1.82, 2.24) is 14.7 Å². The van der Waals surface area contributed by atoms with E-state index in [1.54, 1.807) is 24.0 Å². The van der Waals surface area contributed by atoms with Gasteiger partial charge in [-0.05, 0) is 35.7 Å².